The molecule has 1 saturated carbocycles. The zero-order valence-corrected chi connectivity index (χ0v) is 13.0. The van der Waals surface area contributed by atoms with Crippen molar-refractivity contribution in [2.45, 2.75) is 30.6 Å². The maximum Gasteiger partial charge on any atom is 0.339 e. The van der Waals surface area contributed by atoms with E-state index in [1.807, 2.05) is 0 Å². The Kier molecular flexibility index (Phi) is 4.94. The molecule has 0 N–H and O–H groups in total. The molecule has 110 valence electrons. The van der Waals surface area contributed by atoms with Crippen LogP contribution in [0, 0.1) is 5.92 Å². The first kappa shape index (κ1) is 15.6. The summed E-state index contributed by atoms with van der Waals surface area (Å²) in [7, 11) is 1.34. The number of benzene rings is 1. The van der Waals surface area contributed by atoms with Crippen LogP contribution in [0.5, 0.6) is 0 Å². The molecule has 4 nitrogen and oxygen atoms in total. The van der Waals surface area contributed by atoms with Crippen molar-refractivity contribution in [2.24, 2.45) is 5.92 Å². The normalized spacial score (nSPS) is 16.3. The van der Waals surface area contributed by atoms with Crippen molar-refractivity contribution in [3.05, 3.63) is 28.8 Å². The third-order valence-corrected chi connectivity index (χ3v) is 5.05. The third-order valence-electron chi connectivity index (χ3n) is 3.36. The van der Waals surface area contributed by atoms with E-state index >= 15 is 0 Å². The number of hydrogen-bond acceptors (Lipinski definition) is 4. The minimum Gasteiger partial charge on any atom is -0.462 e. The van der Waals surface area contributed by atoms with Crippen LogP contribution in [0.25, 0.3) is 0 Å². The summed E-state index contributed by atoms with van der Waals surface area (Å²) >= 11 is 5.90. The lowest BCUT2D eigenvalue weighted by molar-refractivity contribution is 0.0442. The molecular weight excluding hydrogens is 323 g/mol. The van der Waals surface area contributed by atoms with E-state index < -0.39 is 15.0 Å². The maximum absolute atomic E-state index is 12.0. The third kappa shape index (κ3) is 3.87. The van der Waals surface area contributed by atoms with Gasteiger partial charge in [-0.15, -0.1) is 0 Å². The van der Waals surface area contributed by atoms with Gasteiger partial charge in [0.25, 0.3) is 9.05 Å². The molecule has 0 amide bonds. The monoisotopic (exact) mass is 336 g/mol. The van der Waals surface area contributed by atoms with Crippen LogP contribution in [-0.4, -0.2) is 21.0 Å². The number of hydrogen-bond donors (Lipinski definition) is 0. The van der Waals surface area contributed by atoms with E-state index in [1.165, 1.54) is 12.1 Å². The van der Waals surface area contributed by atoms with E-state index in [0.29, 0.717) is 12.5 Å². The average molecular weight is 337 g/mol. The molecule has 0 atom stereocenters. The summed E-state index contributed by atoms with van der Waals surface area (Å²) in [5.74, 6) is -0.235. The van der Waals surface area contributed by atoms with Crippen LogP contribution in [0.3, 0.4) is 0 Å². The number of esters is 1. The van der Waals surface area contributed by atoms with Crippen molar-refractivity contribution in [3.8, 4) is 0 Å². The molecule has 0 heterocycles. The minimum atomic E-state index is -3.90. The Bertz CT molecular complexity index is 607. The van der Waals surface area contributed by atoms with Gasteiger partial charge in [-0.2, -0.15) is 0 Å². The van der Waals surface area contributed by atoms with Gasteiger partial charge >= 0.3 is 5.97 Å². The van der Waals surface area contributed by atoms with Crippen LogP contribution in [0.1, 0.15) is 36.0 Å². The first-order chi connectivity index (χ1) is 9.38. The van der Waals surface area contributed by atoms with Crippen molar-refractivity contribution in [3.63, 3.8) is 0 Å². The van der Waals surface area contributed by atoms with E-state index in [0.717, 1.165) is 31.7 Å². The molecular formula is C13H14Cl2O4S. The molecule has 0 unspecified atom stereocenters. The number of rotatable bonds is 4. The van der Waals surface area contributed by atoms with Gasteiger partial charge in [-0.05, 0) is 37.0 Å². The molecule has 1 aromatic carbocycles. The van der Waals surface area contributed by atoms with Crippen molar-refractivity contribution in [2.75, 3.05) is 6.61 Å². The van der Waals surface area contributed by atoms with E-state index in [4.69, 9.17) is 27.0 Å². The van der Waals surface area contributed by atoms with Crippen molar-refractivity contribution in [1.29, 1.82) is 0 Å². The predicted molar refractivity (Wildman–Crippen MR) is 76.7 cm³/mol. The number of halogens is 2. The van der Waals surface area contributed by atoms with Gasteiger partial charge < -0.3 is 4.74 Å². The molecule has 2 rings (SSSR count). The van der Waals surface area contributed by atoms with Crippen LogP contribution in [0.2, 0.25) is 5.02 Å². The Labute approximate surface area is 127 Å². The second kappa shape index (κ2) is 6.33. The fraction of sp³-hybridized carbons (Fsp3) is 0.462. The second-order valence-electron chi connectivity index (χ2n) is 4.83. The summed E-state index contributed by atoms with van der Waals surface area (Å²) in [6, 6.07) is 3.71. The molecule has 0 radical (unpaired) electrons. The molecule has 7 heteroatoms. The zero-order valence-electron chi connectivity index (χ0n) is 10.6. The van der Waals surface area contributed by atoms with Gasteiger partial charge in [-0.1, -0.05) is 24.4 Å². The zero-order chi connectivity index (χ0) is 14.8. The van der Waals surface area contributed by atoms with Gasteiger partial charge in [-0.3, -0.25) is 0 Å². The van der Waals surface area contributed by atoms with Crippen LogP contribution in [0.15, 0.2) is 23.1 Å². The largest absolute Gasteiger partial charge is 0.462 e. The van der Waals surface area contributed by atoms with Crippen LogP contribution in [-0.2, 0) is 13.8 Å². The van der Waals surface area contributed by atoms with E-state index in [9.17, 15) is 13.2 Å². The highest BCUT2D eigenvalue weighted by Crippen LogP contribution is 2.27. The molecule has 1 fully saturated rings. The summed E-state index contributed by atoms with van der Waals surface area (Å²) in [5, 5.41) is 0.144. The Morgan fingerprint density at radius 2 is 1.95 bits per heavy atom. The molecule has 1 aliphatic carbocycles. The predicted octanol–water partition coefficient (Wildman–Crippen LogP) is 3.61. The summed E-state index contributed by atoms with van der Waals surface area (Å²) in [5.41, 5.74) is 0.0198. The van der Waals surface area contributed by atoms with Crippen molar-refractivity contribution in [1.82, 2.24) is 0 Å². The Morgan fingerprint density at radius 3 is 2.55 bits per heavy atom. The van der Waals surface area contributed by atoms with Crippen LogP contribution >= 0.6 is 22.3 Å². The highest BCUT2D eigenvalue weighted by molar-refractivity contribution is 8.13. The molecule has 0 aliphatic heterocycles. The standard InChI is InChI=1S/C13H14Cl2O4S/c14-12-6-5-10(20(15,17)18)7-11(12)13(16)19-8-9-3-1-2-4-9/h5-7,9H,1-4,8H2. The van der Waals surface area contributed by atoms with Gasteiger partial charge in [0.1, 0.15) is 0 Å². The number of carbonyl (C=O) groups excluding carboxylic acids is 1. The smallest absolute Gasteiger partial charge is 0.339 e. The summed E-state index contributed by atoms with van der Waals surface area (Å²) < 4.78 is 27.7. The molecule has 0 saturated heterocycles. The lowest BCUT2D eigenvalue weighted by Crippen LogP contribution is -2.13. The van der Waals surface area contributed by atoms with Gasteiger partial charge in [0.2, 0.25) is 0 Å². The molecule has 0 bridgehead atoms. The van der Waals surface area contributed by atoms with Crippen molar-refractivity contribution >= 4 is 37.3 Å². The topological polar surface area (TPSA) is 60.4 Å². The van der Waals surface area contributed by atoms with E-state index in [-0.39, 0.29) is 15.5 Å². The van der Waals surface area contributed by atoms with Crippen molar-refractivity contribution < 1.29 is 17.9 Å². The summed E-state index contributed by atoms with van der Waals surface area (Å²) in [4.78, 5) is 11.8. The van der Waals surface area contributed by atoms with Crippen LogP contribution in [0.4, 0.5) is 0 Å². The summed E-state index contributed by atoms with van der Waals surface area (Å²) in [6.45, 7) is 0.340. The van der Waals surface area contributed by atoms with Gasteiger partial charge in [0, 0.05) is 10.7 Å². The number of ether oxygens (including phenoxy) is 1. The molecule has 1 aliphatic rings. The number of carbonyl (C=O) groups is 1. The SMILES string of the molecule is O=C(OCC1CCCC1)c1cc(S(=O)(=O)Cl)ccc1Cl. The molecule has 0 aromatic heterocycles. The van der Waals surface area contributed by atoms with Gasteiger partial charge in [0.05, 0.1) is 22.1 Å². The fourth-order valence-electron chi connectivity index (χ4n) is 2.26. The first-order valence-electron chi connectivity index (χ1n) is 6.29. The van der Waals surface area contributed by atoms with E-state index in [2.05, 4.69) is 0 Å². The quantitative estimate of drug-likeness (QED) is 0.622. The summed E-state index contributed by atoms with van der Waals surface area (Å²) in [6.07, 6.45) is 4.42. The Morgan fingerprint density at radius 1 is 1.30 bits per heavy atom. The lowest BCUT2D eigenvalue weighted by Gasteiger charge is -2.11. The second-order valence-corrected chi connectivity index (χ2v) is 7.80. The first-order valence-corrected chi connectivity index (χ1v) is 8.98. The minimum absolute atomic E-state index is 0.0198. The Hall–Kier alpha value is -0.780. The molecule has 0 spiro atoms. The molecule has 1 aromatic rings. The van der Waals surface area contributed by atoms with Crippen LogP contribution < -0.4 is 0 Å². The van der Waals surface area contributed by atoms with Gasteiger partial charge in [-0.25, -0.2) is 13.2 Å². The average Bonchev–Trinajstić information content (AvgIpc) is 2.88. The highest BCUT2D eigenvalue weighted by atomic mass is 35.7. The van der Waals surface area contributed by atoms with Gasteiger partial charge in [0.15, 0.2) is 0 Å². The molecule has 20 heavy (non-hydrogen) atoms. The van der Waals surface area contributed by atoms with E-state index in [1.54, 1.807) is 0 Å². The highest BCUT2D eigenvalue weighted by Gasteiger charge is 2.20. The fourth-order valence-corrected chi connectivity index (χ4v) is 3.23. The maximum atomic E-state index is 12.0. The lowest BCUT2D eigenvalue weighted by atomic mass is 10.1. The Balaban J connectivity index is 2.12.